The monoisotopic (exact) mass is 411 g/mol. The fourth-order valence-electron chi connectivity index (χ4n) is 3.04. The molecule has 7 heteroatoms. The van der Waals surface area contributed by atoms with E-state index in [1.54, 1.807) is 19.2 Å². The van der Waals surface area contributed by atoms with Crippen LogP contribution in [0.1, 0.15) is 32.2 Å². The van der Waals surface area contributed by atoms with E-state index in [0.717, 1.165) is 11.3 Å². The van der Waals surface area contributed by atoms with Crippen molar-refractivity contribution in [2.75, 3.05) is 14.2 Å². The third kappa shape index (κ3) is 5.23. The number of rotatable bonds is 7. The van der Waals surface area contributed by atoms with Crippen LogP contribution in [0, 0.1) is 11.2 Å². The van der Waals surface area contributed by atoms with Crippen LogP contribution in [0.25, 0.3) is 11.1 Å². The highest BCUT2D eigenvalue weighted by Gasteiger charge is 2.19. The third-order valence-corrected chi connectivity index (χ3v) is 4.41. The number of nitrogens with zero attached hydrogens (tertiary/aromatic N) is 3. The first kappa shape index (κ1) is 21.5. The van der Waals surface area contributed by atoms with Gasteiger partial charge < -0.3 is 14.2 Å². The molecule has 0 fully saturated rings. The maximum atomic E-state index is 14.6. The second kappa shape index (κ2) is 9.07. The van der Waals surface area contributed by atoms with Crippen LogP contribution in [0.2, 0.25) is 0 Å². The van der Waals surface area contributed by atoms with Gasteiger partial charge in [-0.3, -0.25) is 4.98 Å². The Morgan fingerprint density at radius 3 is 2.50 bits per heavy atom. The zero-order valence-electron chi connectivity index (χ0n) is 17.9. The molecule has 0 aliphatic heterocycles. The van der Waals surface area contributed by atoms with Gasteiger partial charge in [0.1, 0.15) is 24.5 Å². The summed E-state index contributed by atoms with van der Waals surface area (Å²) in [4.78, 5) is 12.8. The number of benzene rings is 1. The lowest BCUT2D eigenvalue weighted by atomic mass is 9.87. The molecule has 0 spiro atoms. The average molecular weight is 411 g/mol. The summed E-state index contributed by atoms with van der Waals surface area (Å²) in [5.41, 5.74) is 2.68. The fourth-order valence-corrected chi connectivity index (χ4v) is 3.04. The molecule has 0 bridgehead atoms. The van der Waals surface area contributed by atoms with E-state index in [0.29, 0.717) is 35.1 Å². The summed E-state index contributed by atoms with van der Waals surface area (Å²) in [7, 11) is 3.09. The Morgan fingerprint density at radius 2 is 1.80 bits per heavy atom. The standard InChI is InChI=1S/C23H26FN3O3/c1-23(2,3)11-20-17(18-10-16(28-4)7-9-19(18)24)8-6-15(27-20)13-30-22-21(29-5)12-25-14-26-22/h6-10,12,14H,11,13H2,1-5H3. The van der Waals surface area contributed by atoms with Gasteiger partial charge in [-0.15, -0.1) is 0 Å². The van der Waals surface area contributed by atoms with E-state index < -0.39 is 0 Å². The van der Waals surface area contributed by atoms with Crippen LogP contribution in [0.15, 0.2) is 42.9 Å². The van der Waals surface area contributed by atoms with Gasteiger partial charge in [0.2, 0.25) is 0 Å². The second-order valence-corrected chi connectivity index (χ2v) is 8.06. The lowest BCUT2D eigenvalue weighted by Crippen LogP contribution is -2.13. The molecule has 0 saturated carbocycles. The minimum atomic E-state index is -0.317. The molecule has 1 aromatic carbocycles. The predicted molar refractivity (Wildman–Crippen MR) is 112 cm³/mol. The lowest BCUT2D eigenvalue weighted by Gasteiger charge is -2.21. The summed E-state index contributed by atoms with van der Waals surface area (Å²) < 4.78 is 30.9. The Bertz CT molecular complexity index is 1020. The highest BCUT2D eigenvalue weighted by atomic mass is 19.1. The first-order chi connectivity index (χ1) is 14.3. The first-order valence-corrected chi connectivity index (χ1v) is 9.60. The molecular weight excluding hydrogens is 385 g/mol. The average Bonchev–Trinajstić information content (AvgIpc) is 2.72. The molecule has 0 radical (unpaired) electrons. The predicted octanol–water partition coefficient (Wildman–Crippen LogP) is 4.86. The number of aromatic nitrogens is 3. The Balaban J connectivity index is 1.95. The van der Waals surface area contributed by atoms with Crippen molar-refractivity contribution in [2.24, 2.45) is 5.41 Å². The number of hydrogen-bond acceptors (Lipinski definition) is 6. The number of halogens is 1. The zero-order chi connectivity index (χ0) is 21.7. The van der Waals surface area contributed by atoms with E-state index in [4.69, 9.17) is 19.2 Å². The highest BCUT2D eigenvalue weighted by Crippen LogP contribution is 2.33. The van der Waals surface area contributed by atoms with Crippen molar-refractivity contribution in [3.8, 4) is 28.5 Å². The Hall–Kier alpha value is -3.22. The van der Waals surface area contributed by atoms with Crippen LogP contribution in [-0.2, 0) is 13.0 Å². The van der Waals surface area contributed by atoms with Crippen molar-refractivity contribution in [2.45, 2.75) is 33.8 Å². The van der Waals surface area contributed by atoms with Crippen molar-refractivity contribution in [3.05, 3.63) is 60.1 Å². The van der Waals surface area contributed by atoms with Crippen LogP contribution in [-0.4, -0.2) is 29.2 Å². The summed E-state index contributed by atoms with van der Waals surface area (Å²) in [5, 5.41) is 0. The largest absolute Gasteiger partial charge is 0.497 e. The van der Waals surface area contributed by atoms with Crippen molar-refractivity contribution in [1.82, 2.24) is 15.0 Å². The van der Waals surface area contributed by atoms with Crippen LogP contribution >= 0.6 is 0 Å². The molecule has 0 N–H and O–H groups in total. The smallest absolute Gasteiger partial charge is 0.260 e. The van der Waals surface area contributed by atoms with Crippen molar-refractivity contribution in [3.63, 3.8) is 0 Å². The molecule has 0 unspecified atom stereocenters. The molecule has 0 aliphatic rings. The van der Waals surface area contributed by atoms with Gasteiger partial charge in [0.25, 0.3) is 5.88 Å². The number of pyridine rings is 1. The van der Waals surface area contributed by atoms with Crippen LogP contribution in [0.4, 0.5) is 4.39 Å². The summed E-state index contributed by atoms with van der Waals surface area (Å²) >= 11 is 0. The van der Waals surface area contributed by atoms with Crippen molar-refractivity contribution in [1.29, 1.82) is 0 Å². The van der Waals surface area contributed by atoms with Gasteiger partial charge in [-0.25, -0.2) is 9.37 Å². The lowest BCUT2D eigenvalue weighted by molar-refractivity contribution is 0.267. The van der Waals surface area contributed by atoms with Gasteiger partial charge in [-0.2, -0.15) is 4.98 Å². The van der Waals surface area contributed by atoms with Crippen LogP contribution < -0.4 is 14.2 Å². The molecule has 3 aromatic rings. The van der Waals surface area contributed by atoms with Gasteiger partial charge in [0, 0.05) is 16.8 Å². The quantitative estimate of drug-likeness (QED) is 0.553. The molecule has 158 valence electrons. The summed E-state index contributed by atoms with van der Waals surface area (Å²) in [6.07, 6.45) is 3.60. The SMILES string of the molecule is COc1ccc(F)c(-c2ccc(COc3ncncc3OC)nc2CC(C)(C)C)c1. The van der Waals surface area contributed by atoms with E-state index in [-0.39, 0.29) is 17.8 Å². The van der Waals surface area contributed by atoms with E-state index in [1.165, 1.54) is 25.7 Å². The minimum Gasteiger partial charge on any atom is -0.497 e. The molecule has 0 amide bonds. The Kier molecular flexibility index (Phi) is 6.50. The normalized spacial score (nSPS) is 11.3. The topological polar surface area (TPSA) is 66.4 Å². The van der Waals surface area contributed by atoms with Crippen LogP contribution in [0.3, 0.4) is 0 Å². The second-order valence-electron chi connectivity index (χ2n) is 8.06. The van der Waals surface area contributed by atoms with Gasteiger partial charge in [-0.05, 0) is 36.1 Å². The van der Waals surface area contributed by atoms with Gasteiger partial charge in [0.15, 0.2) is 5.75 Å². The molecule has 2 aromatic heterocycles. The Morgan fingerprint density at radius 1 is 1.00 bits per heavy atom. The molecule has 30 heavy (non-hydrogen) atoms. The van der Waals surface area contributed by atoms with Gasteiger partial charge in [-0.1, -0.05) is 26.8 Å². The van der Waals surface area contributed by atoms with E-state index in [9.17, 15) is 4.39 Å². The minimum absolute atomic E-state index is 0.0353. The maximum absolute atomic E-state index is 14.6. The van der Waals surface area contributed by atoms with Crippen LogP contribution in [0.5, 0.6) is 17.4 Å². The van der Waals surface area contributed by atoms with E-state index in [2.05, 4.69) is 30.7 Å². The van der Waals surface area contributed by atoms with Crippen molar-refractivity contribution < 1.29 is 18.6 Å². The third-order valence-electron chi connectivity index (χ3n) is 4.41. The molecule has 0 atom stereocenters. The van der Waals surface area contributed by atoms with Gasteiger partial charge in [0.05, 0.1) is 26.1 Å². The summed E-state index contributed by atoms with van der Waals surface area (Å²) in [5.74, 6) is 1.07. The molecule has 2 heterocycles. The number of ether oxygens (including phenoxy) is 3. The van der Waals surface area contributed by atoms with Gasteiger partial charge >= 0.3 is 0 Å². The molecule has 0 aliphatic carbocycles. The van der Waals surface area contributed by atoms with E-state index >= 15 is 0 Å². The highest BCUT2D eigenvalue weighted by molar-refractivity contribution is 5.68. The summed E-state index contributed by atoms with van der Waals surface area (Å²) in [6.45, 7) is 6.56. The molecule has 3 rings (SSSR count). The summed E-state index contributed by atoms with van der Waals surface area (Å²) in [6, 6.07) is 8.41. The maximum Gasteiger partial charge on any atom is 0.260 e. The van der Waals surface area contributed by atoms with E-state index in [1.807, 2.05) is 12.1 Å². The fraction of sp³-hybridized carbons (Fsp3) is 0.348. The number of hydrogen-bond donors (Lipinski definition) is 0. The molecule has 0 saturated heterocycles. The van der Waals surface area contributed by atoms with Crippen molar-refractivity contribution >= 4 is 0 Å². The first-order valence-electron chi connectivity index (χ1n) is 9.60. The zero-order valence-corrected chi connectivity index (χ0v) is 17.9. The molecular formula is C23H26FN3O3. The number of methoxy groups -OCH3 is 2. The molecule has 6 nitrogen and oxygen atoms in total. The Labute approximate surface area is 176 Å².